The van der Waals surface area contributed by atoms with E-state index in [0.29, 0.717) is 10.6 Å². The lowest BCUT2D eigenvalue weighted by Gasteiger charge is -2.09. The topological polar surface area (TPSA) is 29.1 Å². The SMILES string of the molecule is C/C(=C\c1ccccc1)C(=O)Nc1cccc(Cl)c1C. The molecule has 102 valence electrons. The fourth-order valence-electron chi connectivity index (χ4n) is 1.83. The quantitative estimate of drug-likeness (QED) is 0.814. The van der Waals surface area contributed by atoms with Gasteiger partial charge in [0.15, 0.2) is 0 Å². The number of halogens is 1. The molecule has 2 aromatic carbocycles. The van der Waals surface area contributed by atoms with Crippen LogP contribution < -0.4 is 5.32 Å². The van der Waals surface area contributed by atoms with Gasteiger partial charge in [-0.3, -0.25) is 4.79 Å². The number of anilines is 1. The van der Waals surface area contributed by atoms with E-state index in [1.165, 1.54) is 0 Å². The van der Waals surface area contributed by atoms with Gasteiger partial charge in [-0.1, -0.05) is 48.0 Å². The van der Waals surface area contributed by atoms with Crippen LogP contribution in [0.5, 0.6) is 0 Å². The molecular weight excluding hydrogens is 270 g/mol. The van der Waals surface area contributed by atoms with E-state index in [0.717, 1.165) is 16.8 Å². The smallest absolute Gasteiger partial charge is 0.251 e. The van der Waals surface area contributed by atoms with Crippen LogP contribution in [-0.4, -0.2) is 5.91 Å². The van der Waals surface area contributed by atoms with E-state index in [1.807, 2.05) is 55.5 Å². The van der Waals surface area contributed by atoms with E-state index in [2.05, 4.69) is 5.32 Å². The minimum absolute atomic E-state index is 0.126. The molecule has 2 aromatic rings. The third-order valence-electron chi connectivity index (χ3n) is 3.06. The first kappa shape index (κ1) is 14.4. The summed E-state index contributed by atoms with van der Waals surface area (Å²) in [5, 5.41) is 3.53. The Balaban J connectivity index is 2.16. The molecule has 0 aliphatic rings. The van der Waals surface area contributed by atoms with E-state index in [9.17, 15) is 4.79 Å². The van der Waals surface area contributed by atoms with E-state index >= 15 is 0 Å². The molecule has 0 saturated heterocycles. The minimum Gasteiger partial charge on any atom is -0.322 e. The lowest BCUT2D eigenvalue weighted by atomic mass is 10.1. The van der Waals surface area contributed by atoms with Crippen LogP contribution in [-0.2, 0) is 4.79 Å². The van der Waals surface area contributed by atoms with Gasteiger partial charge in [0.1, 0.15) is 0 Å². The maximum atomic E-state index is 12.2. The zero-order valence-corrected chi connectivity index (χ0v) is 12.2. The molecule has 0 heterocycles. The summed E-state index contributed by atoms with van der Waals surface area (Å²) in [4.78, 5) is 12.2. The number of amides is 1. The number of benzene rings is 2. The summed E-state index contributed by atoms with van der Waals surface area (Å²) in [6, 6.07) is 15.2. The molecule has 0 aromatic heterocycles. The van der Waals surface area contributed by atoms with Crippen molar-refractivity contribution in [2.75, 3.05) is 5.32 Å². The van der Waals surface area contributed by atoms with Crippen molar-refractivity contribution in [1.82, 2.24) is 0 Å². The minimum atomic E-state index is -0.126. The Morgan fingerprint density at radius 1 is 1.10 bits per heavy atom. The largest absolute Gasteiger partial charge is 0.322 e. The van der Waals surface area contributed by atoms with Gasteiger partial charge in [0.2, 0.25) is 0 Å². The molecule has 0 radical (unpaired) electrons. The first-order valence-electron chi connectivity index (χ1n) is 6.38. The van der Waals surface area contributed by atoms with E-state index < -0.39 is 0 Å². The summed E-state index contributed by atoms with van der Waals surface area (Å²) in [6.07, 6.45) is 1.86. The first-order valence-corrected chi connectivity index (χ1v) is 6.75. The molecule has 0 aliphatic heterocycles. The van der Waals surface area contributed by atoms with Gasteiger partial charge in [0.25, 0.3) is 5.91 Å². The zero-order chi connectivity index (χ0) is 14.5. The summed E-state index contributed by atoms with van der Waals surface area (Å²) in [6.45, 7) is 3.68. The third kappa shape index (κ3) is 3.49. The molecule has 3 heteroatoms. The molecule has 20 heavy (non-hydrogen) atoms. The van der Waals surface area contributed by atoms with Crippen LogP contribution in [0.2, 0.25) is 5.02 Å². The average Bonchev–Trinajstić information content (AvgIpc) is 2.45. The van der Waals surface area contributed by atoms with Crippen molar-refractivity contribution < 1.29 is 4.79 Å². The second-order valence-electron chi connectivity index (χ2n) is 4.60. The molecule has 0 unspecified atom stereocenters. The molecule has 0 saturated carbocycles. The Morgan fingerprint density at radius 2 is 1.80 bits per heavy atom. The molecule has 1 N–H and O–H groups in total. The van der Waals surface area contributed by atoms with E-state index in [1.54, 1.807) is 13.0 Å². The van der Waals surface area contributed by atoms with Crippen molar-refractivity contribution >= 4 is 29.3 Å². The van der Waals surface area contributed by atoms with E-state index in [4.69, 9.17) is 11.6 Å². The highest BCUT2D eigenvalue weighted by molar-refractivity contribution is 6.31. The lowest BCUT2D eigenvalue weighted by molar-refractivity contribution is -0.112. The number of hydrogen-bond acceptors (Lipinski definition) is 1. The van der Waals surface area contributed by atoms with Gasteiger partial charge in [-0.2, -0.15) is 0 Å². The van der Waals surface area contributed by atoms with Crippen molar-refractivity contribution in [2.45, 2.75) is 13.8 Å². The van der Waals surface area contributed by atoms with Gasteiger partial charge in [0, 0.05) is 16.3 Å². The van der Waals surface area contributed by atoms with Crippen molar-refractivity contribution in [2.24, 2.45) is 0 Å². The Kier molecular flexibility index (Phi) is 4.59. The van der Waals surface area contributed by atoms with Gasteiger partial charge in [-0.05, 0) is 43.2 Å². The highest BCUT2D eigenvalue weighted by atomic mass is 35.5. The molecule has 1 amide bonds. The van der Waals surface area contributed by atoms with Crippen LogP contribution in [0.3, 0.4) is 0 Å². The Morgan fingerprint density at radius 3 is 2.50 bits per heavy atom. The number of nitrogens with one attached hydrogen (secondary N) is 1. The van der Waals surface area contributed by atoms with Gasteiger partial charge in [-0.15, -0.1) is 0 Å². The molecule has 0 aliphatic carbocycles. The number of hydrogen-bond donors (Lipinski definition) is 1. The molecule has 0 fully saturated rings. The Bertz CT molecular complexity index is 647. The predicted molar refractivity (Wildman–Crippen MR) is 84.9 cm³/mol. The zero-order valence-electron chi connectivity index (χ0n) is 11.5. The van der Waals surface area contributed by atoms with Gasteiger partial charge in [0.05, 0.1) is 0 Å². The van der Waals surface area contributed by atoms with Crippen LogP contribution >= 0.6 is 11.6 Å². The van der Waals surface area contributed by atoms with E-state index in [-0.39, 0.29) is 5.91 Å². The van der Waals surface area contributed by atoms with Gasteiger partial charge in [-0.25, -0.2) is 0 Å². The normalized spacial score (nSPS) is 11.2. The van der Waals surface area contributed by atoms with Gasteiger partial charge < -0.3 is 5.32 Å². The van der Waals surface area contributed by atoms with Crippen LogP contribution in [0.25, 0.3) is 6.08 Å². The number of rotatable bonds is 3. The number of carbonyl (C=O) groups excluding carboxylic acids is 1. The first-order chi connectivity index (χ1) is 9.58. The fraction of sp³-hybridized carbons (Fsp3) is 0.118. The second kappa shape index (κ2) is 6.40. The monoisotopic (exact) mass is 285 g/mol. The third-order valence-corrected chi connectivity index (χ3v) is 3.47. The fourth-order valence-corrected chi connectivity index (χ4v) is 2.00. The Hall–Kier alpha value is -2.06. The van der Waals surface area contributed by atoms with Crippen molar-refractivity contribution in [3.63, 3.8) is 0 Å². The summed E-state index contributed by atoms with van der Waals surface area (Å²) >= 11 is 6.04. The Labute approximate surface area is 124 Å². The molecule has 0 spiro atoms. The summed E-state index contributed by atoms with van der Waals surface area (Å²) in [7, 11) is 0. The van der Waals surface area contributed by atoms with Gasteiger partial charge >= 0.3 is 0 Å². The van der Waals surface area contributed by atoms with Crippen LogP contribution in [0.15, 0.2) is 54.1 Å². The highest BCUT2D eigenvalue weighted by Gasteiger charge is 2.08. The predicted octanol–water partition coefficient (Wildman–Crippen LogP) is 4.69. The molecule has 0 atom stereocenters. The van der Waals surface area contributed by atoms with Crippen molar-refractivity contribution in [3.05, 3.63) is 70.3 Å². The number of carbonyl (C=O) groups is 1. The molecular formula is C17H16ClNO. The average molecular weight is 286 g/mol. The second-order valence-corrected chi connectivity index (χ2v) is 5.01. The van der Waals surface area contributed by atoms with Crippen LogP contribution in [0.1, 0.15) is 18.1 Å². The summed E-state index contributed by atoms with van der Waals surface area (Å²) < 4.78 is 0. The maximum absolute atomic E-state index is 12.2. The van der Waals surface area contributed by atoms with Crippen molar-refractivity contribution in [1.29, 1.82) is 0 Å². The summed E-state index contributed by atoms with van der Waals surface area (Å²) in [5.41, 5.74) is 3.26. The maximum Gasteiger partial charge on any atom is 0.251 e. The highest BCUT2D eigenvalue weighted by Crippen LogP contribution is 2.23. The molecule has 2 rings (SSSR count). The molecule has 0 bridgehead atoms. The van der Waals surface area contributed by atoms with Crippen LogP contribution in [0.4, 0.5) is 5.69 Å². The lowest BCUT2D eigenvalue weighted by Crippen LogP contribution is -2.13. The summed E-state index contributed by atoms with van der Waals surface area (Å²) in [5.74, 6) is -0.126. The van der Waals surface area contributed by atoms with Crippen molar-refractivity contribution in [3.8, 4) is 0 Å². The van der Waals surface area contributed by atoms with Crippen LogP contribution in [0, 0.1) is 6.92 Å². The standard InChI is InChI=1S/C17H16ClNO/c1-12(11-14-7-4-3-5-8-14)17(20)19-16-10-6-9-15(18)13(16)2/h3-11H,1-2H3,(H,19,20)/b12-11+. The molecule has 2 nitrogen and oxygen atoms in total.